The molecule has 6 heteroatoms. The van der Waals surface area contributed by atoms with Gasteiger partial charge in [-0.05, 0) is 23.6 Å². The van der Waals surface area contributed by atoms with Gasteiger partial charge in [0.25, 0.3) is 0 Å². The summed E-state index contributed by atoms with van der Waals surface area (Å²) in [6, 6.07) is -0.116. The molecule has 3 nitrogen and oxygen atoms in total. The lowest BCUT2D eigenvalue weighted by molar-refractivity contribution is -0.143. The first-order chi connectivity index (χ1) is 8.06. The van der Waals surface area contributed by atoms with Crippen molar-refractivity contribution in [2.45, 2.75) is 12.5 Å². The molecule has 0 radical (unpaired) electrons. The molecule has 1 heterocycles. The standard InChI is InChI=1S/C11H10F3NO2/c1-17-11(16)10-6-4-7(12)9(14)8(13)5(6)2-3-15-10/h4,10,15H,2-3H2,1H3. The first kappa shape index (κ1) is 11.9. The Balaban J connectivity index is 2.55. The van der Waals surface area contributed by atoms with Crippen molar-refractivity contribution in [3.63, 3.8) is 0 Å². The molecule has 17 heavy (non-hydrogen) atoms. The number of carbonyl (C=O) groups is 1. The van der Waals surface area contributed by atoms with E-state index in [0.717, 1.165) is 6.07 Å². The smallest absolute Gasteiger partial charge is 0.327 e. The Morgan fingerprint density at radius 1 is 1.41 bits per heavy atom. The minimum Gasteiger partial charge on any atom is -0.468 e. The maximum Gasteiger partial charge on any atom is 0.327 e. The first-order valence-electron chi connectivity index (χ1n) is 5.03. The number of rotatable bonds is 1. The molecule has 1 atom stereocenters. The summed E-state index contributed by atoms with van der Waals surface area (Å²) in [5.41, 5.74) is 0.123. The van der Waals surface area contributed by atoms with E-state index in [1.165, 1.54) is 7.11 Å². The zero-order chi connectivity index (χ0) is 12.6. The zero-order valence-electron chi connectivity index (χ0n) is 9.02. The van der Waals surface area contributed by atoms with E-state index < -0.39 is 29.5 Å². The molecule has 1 aliphatic rings. The Bertz CT molecular complexity index is 476. The van der Waals surface area contributed by atoms with Crippen molar-refractivity contribution in [2.24, 2.45) is 0 Å². The van der Waals surface area contributed by atoms with E-state index in [2.05, 4.69) is 10.1 Å². The predicted molar refractivity (Wildman–Crippen MR) is 52.8 cm³/mol. The molecule has 0 saturated carbocycles. The first-order valence-corrected chi connectivity index (χ1v) is 5.03. The van der Waals surface area contributed by atoms with E-state index in [9.17, 15) is 18.0 Å². The molecule has 1 N–H and O–H groups in total. The summed E-state index contributed by atoms with van der Waals surface area (Å²) < 4.78 is 44.2. The zero-order valence-corrected chi connectivity index (χ0v) is 9.02. The normalized spacial score (nSPS) is 18.7. The lowest BCUT2D eigenvalue weighted by Gasteiger charge is -2.25. The third kappa shape index (κ3) is 1.88. The fraction of sp³-hybridized carbons (Fsp3) is 0.364. The Hall–Kier alpha value is -1.56. The average Bonchev–Trinajstić information content (AvgIpc) is 2.34. The molecule has 0 aliphatic carbocycles. The van der Waals surface area contributed by atoms with Gasteiger partial charge in [-0.25, -0.2) is 18.0 Å². The topological polar surface area (TPSA) is 38.3 Å². The molecule has 0 aromatic heterocycles. The summed E-state index contributed by atoms with van der Waals surface area (Å²) in [7, 11) is 1.18. The molecule has 1 aromatic carbocycles. The fourth-order valence-electron chi connectivity index (χ4n) is 1.94. The van der Waals surface area contributed by atoms with E-state index in [-0.39, 0.29) is 17.5 Å². The van der Waals surface area contributed by atoms with Crippen molar-refractivity contribution in [2.75, 3.05) is 13.7 Å². The number of nitrogens with one attached hydrogen (secondary N) is 1. The van der Waals surface area contributed by atoms with Gasteiger partial charge in [-0.3, -0.25) is 0 Å². The van der Waals surface area contributed by atoms with Gasteiger partial charge in [0.05, 0.1) is 7.11 Å². The van der Waals surface area contributed by atoms with Gasteiger partial charge in [-0.1, -0.05) is 0 Å². The highest BCUT2D eigenvalue weighted by atomic mass is 19.2. The van der Waals surface area contributed by atoms with Crippen molar-refractivity contribution in [3.8, 4) is 0 Å². The predicted octanol–water partition coefficient (Wildman–Crippen LogP) is 1.46. The summed E-state index contributed by atoms with van der Waals surface area (Å²) in [5, 5.41) is 2.77. The number of esters is 1. The highest BCUT2D eigenvalue weighted by molar-refractivity contribution is 5.78. The molecule has 0 bridgehead atoms. The van der Waals surface area contributed by atoms with Gasteiger partial charge in [0.1, 0.15) is 6.04 Å². The summed E-state index contributed by atoms with van der Waals surface area (Å²) >= 11 is 0. The third-order valence-electron chi connectivity index (χ3n) is 2.77. The number of hydrogen-bond acceptors (Lipinski definition) is 3. The van der Waals surface area contributed by atoms with E-state index in [4.69, 9.17) is 0 Å². The highest BCUT2D eigenvalue weighted by Crippen LogP contribution is 2.29. The van der Waals surface area contributed by atoms with Crippen LogP contribution in [-0.4, -0.2) is 19.6 Å². The number of ether oxygens (including phenoxy) is 1. The second kappa shape index (κ2) is 4.37. The quantitative estimate of drug-likeness (QED) is 0.601. The number of hydrogen-bond donors (Lipinski definition) is 1. The van der Waals surface area contributed by atoms with Gasteiger partial charge in [-0.2, -0.15) is 0 Å². The van der Waals surface area contributed by atoms with Gasteiger partial charge in [0.2, 0.25) is 0 Å². The van der Waals surface area contributed by atoms with E-state index >= 15 is 0 Å². The molecule has 1 aliphatic heterocycles. The molecule has 1 unspecified atom stereocenters. The molecular weight excluding hydrogens is 235 g/mol. The molecule has 0 spiro atoms. The number of fused-ring (bicyclic) bond motifs is 1. The largest absolute Gasteiger partial charge is 0.468 e. The van der Waals surface area contributed by atoms with Crippen LogP contribution in [-0.2, 0) is 16.0 Å². The van der Waals surface area contributed by atoms with Gasteiger partial charge in [0, 0.05) is 6.54 Å². The molecular formula is C11H10F3NO2. The van der Waals surface area contributed by atoms with Crippen LogP contribution in [0.25, 0.3) is 0 Å². The Morgan fingerprint density at radius 2 is 2.12 bits per heavy atom. The lowest BCUT2D eigenvalue weighted by atomic mass is 9.93. The lowest BCUT2D eigenvalue weighted by Crippen LogP contribution is -2.36. The summed E-state index contributed by atoms with van der Waals surface area (Å²) in [5.74, 6) is -4.69. The summed E-state index contributed by atoms with van der Waals surface area (Å²) in [6.45, 7) is 0.300. The van der Waals surface area contributed by atoms with Crippen LogP contribution in [0.4, 0.5) is 13.2 Å². The minimum atomic E-state index is -1.51. The monoisotopic (exact) mass is 245 g/mol. The van der Waals surface area contributed by atoms with Crippen LogP contribution in [0.1, 0.15) is 17.2 Å². The maximum absolute atomic E-state index is 13.5. The minimum absolute atomic E-state index is 0.0260. The Kier molecular flexibility index (Phi) is 3.06. The number of halogens is 3. The molecule has 2 rings (SSSR count). The number of benzene rings is 1. The second-order valence-electron chi connectivity index (χ2n) is 3.71. The molecule has 1 aromatic rings. The van der Waals surface area contributed by atoms with Crippen molar-refractivity contribution < 1.29 is 22.7 Å². The van der Waals surface area contributed by atoms with Crippen LogP contribution in [0.5, 0.6) is 0 Å². The SMILES string of the molecule is COC(=O)C1NCCc2c1cc(F)c(F)c2F. The van der Waals surface area contributed by atoms with Crippen molar-refractivity contribution in [3.05, 3.63) is 34.6 Å². The molecule has 92 valence electrons. The van der Waals surface area contributed by atoms with E-state index in [1.807, 2.05) is 0 Å². The Morgan fingerprint density at radius 3 is 2.76 bits per heavy atom. The maximum atomic E-state index is 13.5. The van der Waals surface area contributed by atoms with Crippen LogP contribution in [0.2, 0.25) is 0 Å². The van der Waals surface area contributed by atoms with Crippen molar-refractivity contribution >= 4 is 5.97 Å². The van der Waals surface area contributed by atoms with Crippen molar-refractivity contribution in [1.29, 1.82) is 0 Å². The summed E-state index contributed by atoms with van der Waals surface area (Å²) in [4.78, 5) is 11.4. The fourth-order valence-corrected chi connectivity index (χ4v) is 1.94. The number of carbonyl (C=O) groups excluding carboxylic acids is 1. The van der Waals surface area contributed by atoms with Crippen LogP contribution in [0, 0.1) is 17.5 Å². The number of methoxy groups -OCH3 is 1. The van der Waals surface area contributed by atoms with Crippen LogP contribution < -0.4 is 5.32 Å². The van der Waals surface area contributed by atoms with Crippen LogP contribution >= 0.6 is 0 Å². The van der Waals surface area contributed by atoms with Gasteiger partial charge in [-0.15, -0.1) is 0 Å². The van der Waals surface area contributed by atoms with Crippen molar-refractivity contribution in [1.82, 2.24) is 5.32 Å². The van der Waals surface area contributed by atoms with Crippen LogP contribution in [0.15, 0.2) is 6.07 Å². The van der Waals surface area contributed by atoms with E-state index in [0.29, 0.717) is 6.54 Å². The van der Waals surface area contributed by atoms with E-state index in [1.54, 1.807) is 0 Å². The van der Waals surface area contributed by atoms with Gasteiger partial charge in [0.15, 0.2) is 17.5 Å². The summed E-state index contributed by atoms with van der Waals surface area (Å²) in [6.07, 6.45) is 0.200. The molecule has 0 saturated heterocycles. The average molecular weight is 245 g/mol. The Labute approximate surface area is 95.6 Å². The van der Waals surface area contributed by atoms with Crippen LogP contribution in [0.3, 0.4) is 0 Å². The molecule has 0 fully saturated rings. The third-order valence-corrected chi connectivity index (χ3v) is 2.77. The second-order valence-corrected chi connectivity index (χ2v) is 3.71. The van der Waals surface area contributed by atoms with Gasteiger partial charge < -0.3 is 10.1 Å². The highest BCUT2D eigenvalue weighted by Gasteiger charge is 2.31. The van der Waals surface area contributed by atoms with Gasteiger partial charge >= 0.3 is 5.97 Å². The molecule has 0 amide bonds.